The fraction of sp³-hybridized carbons (Fsp3) is 0.0882. The van der Waals surface area contributed by atoms with E-state index in [-0.39, 0.29) is 18.1 Å². The largest absolute Gasteiger partial charge is 0.355 e. The molecule has 0 atom stereocenters. The van der Waals surface area contributed by atoms with Crippen LogP contribution in [0.25, 0.3) is 0 Å². The van der Waals surface area contributed by atoms with Crippen LogP contribution in [0, 0.1) is 0 Å². The highest BCUT2D eigenvalue weighted by atomic mass is 16.7. The lowest BCUT2D eigenvalue weighted by Crippen LogP contribution is -2.07. The molecule has 0 saturated carbocycles. The van der Waals surface area contributed by atoms with Crippen molar-refractivity contribution in [3.63, 3.8) is 0 Å². The molecule has 1 aliphatic rings. The minimum Gasteiger partial charge on any atom is -0.355 e. The molecule has 218 valence electrons. The van der Waals surface area contributed by atoms with Crippen LogP contribution in [-0.2, 0) is 19.1 Å². The first-order valence-corrected chi connectivity index (χ1v) is 13.4. The molecule has 0 bridgehead atoms. The molecule has 1 saturated heterocycles. The number of nitrogens with one attached hydrogen (secondary N) is 4. The molecule has 4 aromatic rings. The molecule has 1 aliphatic heterocycles. The summed E-state index contributed by atoms with van der Waals surface area (Å²) in [6, 6.07) is 29.8. The van der Waals surface area contributed by atoms with Gasteiger partial charge in [0.25, 0.3) is 0 Å². The van der Waals surface area contributed by atoms with Crippen LogP contribution in [0.5, 0.6) is 0 Å². The third-order valence-electron chi connectivity index (χ3n) is 6.06. The number of amides is 2. The maximum Gasteiger partial charge on any atom is 0.247 e. The number of carbonyl (C=O) groups is 3. The van der Waals surface area contributed by atoms with Crippen LogP contribution in [0.2, 0.25) is 0 Å². The predicted octanol–water partition coefficient (Wildman–Crippen LogP) is 6.97. The fourth-order valence-corrected chi connectivity index (χ4v) is 3.99. The maximum atomic E-state index is 11.3. The molecule has 1 fully saturated rings. The van der Waals surface area contributed by atoms with Gasteiger partial charge in [-0.3, -0.25) is 14.4 Å². The van der Waals surface area contributed by atoms with Gasteiger partial charge in [-0.25, -0.2) is 0 Å². The minimum atomic E-state index is -0.263. The number of anilines is 6. The molecule has 4 aromatic carbocycles. The van der Waals surface area contributed by atoms with Crippen molar-refractivity contribution in [3.05, 3.63) is 133 Å². The lowest BCUT2D eigenvalue weighted by molar-refractivity contribution is -0.112. The summed E-state index contributed by atoms with van der Waals surface area (Å²) in [6.07, 6.45) is 3.00. The Hall–Kier alpha value is -5.51. The van der Waals surface area contributed by atoms with E-state index in [1.807, 2.05) is 78.9 Å². The Morgan fingerprint density at radius 1 is 0.628 bits per heavy atom. The van der Waals surface area contributed by atoms with Gasteiger partial charge in [0.05, 0.1) is 13.2 Å². The van der Waals surface area contributed by atoms with Crippen LogP contribution in [0.3, 0.4) is 0 Å². The average Bonchev–Trinajstić information content (AvgIpc) is 3.58. The van der Waals surface area contributed by atoms with E-state index in [9.17, 15) is 14.4 Å². The van der Waals surface area contributed by atoms with Crippen LogP contribution < -0.4 is 21.3 Å². The van der Waals surface area contributed by atoms with Crippen molar-refractivity contribution in [2.24, 2.45) is 0 Å². The van der Waals surface area contributed by atoms with E-state index >= 15 is 0 Å². The first-order chi connectivity index (χ1) is 20.9. The Balaban J connectivity index is 0.000000199. The molecule has 1 heterocycles. The second kappa shape index (κ2) is 15.5. The molecule has 9 nitrogen and oxygen atoms in total. The summed E-state index contributed by atoms with van der Waals surface area (Å²) in [6.45, 7) is 8.11. The Kier molecular flexibility index (Phi) is 11.0. The second-order valence-corrected chi connectivity index (χ2v) is 9.23. The zero-order valence-corrected chi connectivity index (χ0v) is 23.4. The van der Waals surface area contributed by atoms with E-state index in [1.54, 1.807) is 18.2 Å². The summed E-state index contributed by atoms with van der Waals surface area (Å²) in [5, 5.41) is 11.9. The lowest BCUT2D eigenvalue weighted by Gasteiger charge is -2.12. The molecular formula is C34H32N4O5. The van der Waals surface area contributed by atoms with Crippen molar-refractivity contribution in [3.8, 4) is 0 Å². The molecular weight excluding hydrogens is 544 g/mol. The quantitative estimate of drug-likeness (QED) is 0.119. The number of carbonyl (C=O) groups excluding carboxylic acids is 3. The van der Waals surface area contributed by atoms with Crippen LogP contribution in [-0.4, -0.2) is 31.3 Å². The Morgan fingerprint density at radius 3 is 1.51 bits per heavy atom. The molecule has 4 N–H and O–H groups in total. The SMILES string of the molecule is C=CC(=O)Nc1cccc(Nc2ccc(C3OCCO3)cc2)c1.C=CC(=O)Nc1cccc(Nc2ccc(C=O)cc2)c1. The van der Waals surface area contributed by atoms with E-state index in [0.29, 0.717) is 30.2 Å². The minimum absolute atomic E-state index is 0.233. The van der Waals surface area contributed by atoms with Crippen LogP contribution in [0.1, 0.15) is 22.2 Å². The normalized spacial score (nSPS) is 12.2. The summed E-state index contributed by atoms with van der Waals surface area (Å²) < 4.78 is 10.9. The van der Waals surface area contributed by atoms with Gasteiger partial charge in [0.15, 0.2) is 6.29 Å². The molecule has 0 radical (unpaired) electrons. The first kappa shape index (κ1) is 30.4. The lowest BCUT2D eigenvalue weighted by atomic mass is 10.2. The highest BCUT2D eigenvalue weighted by Gasteiger charge is 2.17. The Labute approximate surface area is 250 Å². The van der Waals surface area contributed by atoms with Gasteiger partial charge in [-0.15, -0.1) is 0 Å². The van der Waals surface area contributed by atoms with E-state index in [1.165, 1.54) is 12.2 Å². The molecule has 9 heteroatoms. The predicted molar refractivity (Wildman–Crippen MR) is 170 cm³/mol. The summed E-state index contributed by atoms with van der Waals surface area (Å²) in [4.78, 5) is 33.2. The molecule has 0 aliphatic carbocycles. The van der Waals surface area contributed by atoms with Gasteiger partial charge in [0.2, 0.25) is 11.8 Å². The van der Waals surface area contributed by atoms with Gasteiger partial charge in [-0.05, 0) is 84.9 Å². The summed E-state index contributed by atoms with van der Waals surface area (Å²) in [7, 11) is 0. The third-order valence-corrected chi connectivity index (χ3v) is 6.06. The first-order valence-electron chi connectivity index (χ1n) is 13.4. The standard InChI is InChI=1S/C18H18N2O3.C16H14N2O2/c1-2-17(21)20-16-5-3-4-15(12-16)19-14-8-6-13(7-9-14)18-22-10-11-23-18;1-2-16(20)18-15-5-3-4-14(10-15)17-13-8-6-12(11-19)7-9-13/h2-9,12,18-19H,1,10-11H2,(H,20,21);2-11,17H,1H2,(H,18,20). The summed E-state index contributed by atoms with van der Waals surface area (Å²) in [5.74, 6) is -0.486. The van der Waals surface area contributed by atoms with Crippen molar-refractivity contribution in [1.82, 2.24) is 0 Å². The maximum absolute atomic E-state index is 11.3. The molecule has 0 aromatic heterocycles. The molecule has 43 heavy (non-hydrogen) atoms. The smallest absolute Gasteiger partial charge is 0.247 e. The van der Waals surface area contributed by atoms with Crippen LogP contribution in [0.15, 0.2) is 122 Å². The highest BCUT2D eigenvalue weighted by molar-refractivity contribution is 5.99. The number of hydrogen-bond acceptors (Lipinski definition) is 7. The van der Waals surface area contributed by atoms with Gasteiger partial charge in [0, 0.05) is 45.3 Å². The molecule has 0 unspecified atom stereocenters. The van der Waals surface area contributed by atoms with Gasteiger partial charge in [0.1, 0.15) is 6.29 Å². The van der Waals surface area contributed by atoms with Crippen molar-refractivity contribution in [1.29, 1.82) is 0 Å². The van der Waals surface area contributed by atoms with Crippen molar-refractivity contribution in [2.75, 3.05) is 34.5 Å². The fourth-order valence-electron chi connectivity index (χ4n) is 3.99. The van der Waals surface area contributed by atoms with E-state index in [4.69, 9.17) is 9.47 Å². The van der Waals surface area contributed by atoms with E-state index < -0.39 is 0 Å². The van der Waals surface area contributed by atoms with Crippen molar-refractivity contribution >= 4 is 52.2 Å². The highest BCUT2D eigenvalue weighted by Crippen LogP contribution is 2.26. The zero-order chi connectivity index (χ0) is 30.4. The topological polar surface area (TPSA) is 118 Å². The van der Waals surface area contributed by atoms with Crippen LogP contribution >= 0.6 is 0 Å². The van der Waals surface area contributed by atoms with E-state index in [2.05, 4.69) is 34.4 Å². The van der Waals surface area contributed by atoms with Gasteiger partial charge < -0.3 is 30.7 Å². The van der Waals surface area contributed by atoms with Crippen LogP contribution in [0.4, 0.5) is 34.1 Å². The molecule has 2 amide bonds. The van der Waals surface area contributed by atoms with E-state index in [0.717, 1.165) is 34.6 Å². The Bertz CT molecular complexity index is 1560. The number of aldehydes is 1. The summed E-state index contributed by atoms with van der Waals surface area (Å²) >= 11 is 0. The van der Waals surface area contributed by atoms with Gasteiger partial charge in [-0.2, -0.15) is 0 Å². The number of ether oxygens (including phenoxy) is 2. The van der Waals surface area contributed by atoms with Crippen molar-refractivity contribution in [2.45, 2.75) is 6.29 Å². The molecule has 0 spiro atoms. The number of benzene rings is 4. The zero-order valence-electron chi connectivity index (χ0n) is 23.4. The molecule has 5 rings (SSSR count). The van der Waals surface area contributed by atoms with Crippen molar-refractivity contribution < 1.29 is 23.9 Å². The Morgan fingerprint density at radius 2 is 1.07 bits per heavy atom. The monoisotopic (exact) mass is 576 g/mol. The third kappa shape index (κ3) is 9.53. The average molecular weight is 577 g/mol. The number of hydrogen-bond donors (Lipinski definition) is 4. The second-order valence-electron chi connectivity index (χ2n) is 9.23. The number of rotatable bonds is 10. The summed E-state index contributed by atoms with van der Waals surface area (Å²) in [5.41, 5.74) is 6.55. The van der Waals surface area contributed by atoms with Gasteiger partial charge >= 0.3 is 0 Å². The van der Waals surface area contributed by atoms with Gasteiger partial charge in [-0.1, -0.05) is 37.4 Å².